The molecule has 0 atom stereocenters. The number of nitrogens with zero attached hydrogens (tertiary/aromatic N) is 1. The Kier molecular flexibility index (Phi) is 8.66. The lowest BCUT2D eigenvalue weighted by atomic mass is 10.0. The van der Waals surface area contributed by atoms with Crippen LogP contribution in [0.15, 0.2) is 47.6 Å². The minimum atomic E-state index is -4.84. The number of hydrogen-bond acceptors (Lipinski definition) is 6. The molecule has 0 unspecified atom stereocenters. The Hall–Kier alpha value is -2.80. The molecule has 0 radical (unpaired) electrons. The smallest absolute Gasteiger partial charge is 0.406 e. The Morgan fingerprint density at radius 1 is 1.00 bits per heavy atom. The van der Waals surface area contributed by atoms with Crippen LogP contribution in [0.3, 0.4) is 0 Å². The fourth-order valence-corrected chi connectivity index (χ4v) is 2.11. The first kappa shape index (κ1) is 25.2. The molecule has 0 aliphatic carbocycles. The van der Waals surface area contributed by atoms with E-state index in [2.05, 4.69) is 9.89 Å². The van der Waals surface area contributed by atoms with Gasteiger partial charge in [0.15, 0.2) is 5.75 Å². The number of nitrogens with one attached hydrogen (secondary N) is 1. The molecule has 0 amide bonds. The van der Waals surface area contributed by atoms with Crippen LogP contribution in [0, 0.1) is 4.78 Å². The second-order valence-electron chi connectivity index (χ2n) is 5.21. The molecule has 0 aliphatic heterocycles. The highest BCUT2D eigenvalue weighted by molar-refractivity contribution is 7.60. The first-order chi connectivity index (χ1) is 13.7. The molecule has 2 aromatic carbocycles. The SMILES string of the molecule is C/C(=N\Oc1ccc(OC(F)(F)F)cc1)c1cc(Cl)ccc1C(F)(F)F.N=S(=O)=O. The lowest BCUT2D eigenvalue weighted by Crippen LogP contribution is -2.16. The first-order valence-electron chi connectivity index (χ1n) is 7.44. The topological polar surface area (TPSA) is 88.8 Å². The normalized spacial score (nSPS) is 11.9. The Morgan fingerprint density at radius 2 is 1.50 bits per heavy atom. The lowest BCUT2D eigenvalue weighted by Gasteiger charge is -2.13. The lowest BCUT2D eigenvalue weighted by molar-refractivity contribution is -0.274. The minimum absolute atomic E-state index is 0.00876. The van der Waals surface area contributed by atoms with Crippen LogP contribution < -0.4 is 9.57 Å². The largest absolute Gasteiger partial charge is 0.573 e. The number of benzene rings is 2. The Morgan fingerprint density at radius 3 is 1.97 bits per heavy atom. The van der Waals surface area contributed by atoms with E-state index >= 15 is 0 Å². The highest BCUT2D eigenvalue weighted by atomic mass is 35.5. The minimum Gasteiger partial charge on any atom is -0.406 e. The number of halogens is 7. The van der Waals surface area contributed by atoms with Crippen molar-refractivity contribution in [1.29, 1.82) is 4.78 Å². The summed E-state index contributed by atoms with van der Waals surface area (Å²) in [5.74, 6) is -0.464. The summed E-state index contributed by atoms with van der Waals surface area (Å²) in [7, 11) is -2.61. The van der Waals surface area contributed by atoms with Crippen molar-refractivity contribution in [3.63, 3.8) is 0 Å². The molecule has 0 fully saturated rings. The molecule has 14 heteroatoms. The van der Waals surface area contributed by atoms with Gasteiger partial charge in [-0.25, -0.2) is 0 Å². The van der Waals surface area contributed by atoms with Gasteiger partial charge in [0.25, 0.3) is 0 Å². The molecule has 0 saturated carbocycles. The highest BCUT2D eigenvalue weighted by Gasteiger charge is 2.34. The molecule has 1 N–H and O–H groups in total. The van der Waals surface area contributed by atoms with E-state index in [4.69, 9.17) is 29.6 Å². The van der Waals surface area contributed by atoms with E-state index in [9.17, 15) is 26.3 Å². The molecular formula is C16H11ClF6N2O4S. The van der Waals surface area contributed by atoms with Crippen LogP contribution in [0.5, 0.6) is 11.5 Å². The van der Waals surface area contributed by atoms with E-state index in [0.717, 1.165) is 42.5 Å². The zero-order valence-corrected chi connectivity index (χ0v) is 16.2. The van der Waals surface area contributed by atoms with Crippen LogP contribution in [0.4, 0.5) is 26.3 Å². The zero-order chi connectivity index (χ0) is 23.1. The molecule has 0 spiro atoms. The molecule has 2 rings (SSSR count). The van der Waals surface area contributed by atoms with Crippen LogP contribution in [0.2, 0.25) is 5.02 Å². The average Bonchev–Trinajstić information content (AvgIpc) is 2.58. The molecule has 30 heavy (non-hydrogen) atoms. The predicted molar refractivity (Wildman–Crippen MR) is 94.1 cm³/mol. The van der Waals surface area contributed by atoms with E-state index < -0.39 is 34.4 Å². The molecule has 0 aromatic heterocycles. The van der Waals surface area contributed by atoms with E-state index in [1.165, 1.54) is 6.92 Å². The number of oxime groups is 1. The van der Waals surface area contributed by atoms with Gasteiger partial charge in [-0.15, -0.1) is 13.2 Å². The molecule has 0 aliphatic rings. The average molecular weight is 477 g/mol. The number of alkyl halides is 6. The van der Waals surface area contributed by atoms with Gasteiger partial charge in [-0.05, 0) is 49.4 Å². The summed E-state index contributed by atoms with van der Waals surface area (Å²) in [6.45, 7) is 1.28. The summed E-state index contributed by atoms with van der Waals surface area (Å²) in [5.41, 5.74) is -1.34. The van der Waals surface area contributed by atoms with Crippen LogP contribution in [0.25, 0.3) is 0 Å². The number of ether oxygens (including phenoxy) is 1. The van der Waals surface area contributed by atoms with E-state index in [0.29, 0.717) is 0 Å². The quantitative estimate of drug-likeness (QED) is 0.349. The molecule has 0 heterocycles. The monoisotopic (exact) mass is 476 g/mol. The summed E-state index contributed by atoms with van der Waals surface area (Å²) in [6, 6.07) is 7.22. The molecule has 0 bridgehead atoms. The fourth-order valence-electron chi connectivity index (χ4n) is 1.94. The summed E-state index contributed by atoms with van der Waals surface area (Å²) in [5, 5.41) is 3.66. The summed E-state index contributed by atoms with van der Waals surface area (Å²) >= 11 is 5.73. The van der Waals surface area contributed by atoms with Crippen molar-refractivity contribution in [3.8, 4) is 11.5 Å². The third-order valence-corrected chi connectivity index (χ3v) is 3.26. The van der Waals surface area contributed by atoms with E-state index in [1.54, 1.807) is 0 Å². The van der Waals surface area contributed by atoms with Crippen molar-refractivity contribution in [1.82, 2.24) is 0 Å². The number of hydrogen-bond donors (Lipinski definition) is 1. The molecule has 0 saturated heterocycles. The second kappa shape index (κ2) is 10.3. The number of rotatable bonds is 4. The Bertz CT molecular complexity index is 1000. The summed E-state index contributed by atoms with van der Waals surface area (Å²) < 4.78 is 102. The third kappa shape index (κ3) is 9.13. The zero-order valence-electron chi connectivity index (χ0n) is 14.7. The third-order valence-electron chi connectivity index (χ3n) is 3.02. The van der Waals surface area contributed by atoms with Gasteiger partial charge in [0.2, 0.25) is 0 Å². The van der Waals surface area contributed by atoms with Gasteiger partial charge >= 0.3 is 23.0 Å². The van der Waals surface area contributed by atoms with Gasteiger partial charge in [-0.3, -0.25) is 0 Å². The second-order valence-corrected chi connectivity index (χ2v) is 6.12. The molecule has 2 aromatic rings. The van der Waals surface area contributed by atoms with Crippen LogP contribution >= 0.6 is 11.6 Å². The van der Waals surface area contributed by atoms with Gasteiger partial charge in [0.05, 0.1) is 11.3 Å². The molecular weight excluding hydrogens is 466 g/mol. The molecule has 6 nitrogen and oxygen atoms in total. The predicted octanol–water partition coefficient (Wildman–Crippen LogP) is 5.69. The Balaban J connectivity index is 0.00000103. The van der Waals surface area contributed by atoms with Crippen molar-refractivity contribution in [2.75, 3.05) is 0 Å². The van der Waals surface area contributed by atoms with Gasteiger partial charge in [0, 0.05) is 10.6 Å². The maximum absolute atomic E-state index is 13.0. The molecule has 164 valence electrons. The van der Waals surface area contributed by atoms with Gasteiger partial charge in [0.1, 0.15) is 5.75 Å². The summed E-state index contributed by atoms with van der Waals surface area (Å²) in [6.07, 6.45) is -9.45. The van der Waals surface area contributed by atoms with E-state index in [-0.39, 0.29) is 22.0 Å². The van der Waals surface area contributed by atoms with Gasteiger partial charge in [-0.1, -0.05) is 16.8 Å². The fraction of sp³-hybridized carbons (Fsp3) is 0.188. The van der Waals surface area contributed by atoms with Crippen molar-refractivity contribution in [2.45, 2.75) is 19.5 Å². The van der Waals surface area contributed by atoms with Crippen molar-refractivity contribution in [2.24, 2.45) is 5.16 Å². The summed E-state index contributed by atoms with van der Waals surface area (Å²) in [4.78, 5) is 4.96. The first-order valence-corrected chi connectivity index (χ1v) is 8.89. The van der Waals surface area contributed by atoms with E-state index in [1.807, 2.05) is 0 Å². The van der Waals surface area contributed by atoms with Crippen molar-refractivity contribution < 1.29 is 44.3 Å². The van der Waals surface area contributed by atoms with Gasteiger partial charge < -0.3 is 9.57 Å². The van der Waals surface area contributed by atoms with Crippen molar-refractivity contribution in [3.05, 3.63) is 58.6 Å². The Labute approximate surface area is 172 Å². The van der Waals surface area contributed by atoms with Gasteiger partial charge in [-0.2, -0.15) is 26.4 Å². The maximum Gasteiger partial charge on any atom is 0.573 e. The van der Waals surface area contributed by atoms with Crippen molar-refractivity contribution >= 4 is 27.8 Å². The highest BCUT2D eigenvalue weighted by Crippen LogP contribution is 2.34. The van der Waals surface area contributed by atoms with Crippen LogP contribution in [0.1, 0.15) is 18.1 Å². The maximum atomic E-state index is 13.0. The standard InChI is InChI=1S/C16H10ClF6NO2.HNO2S/c1-9(13-8-10(17)2-7-14(13)15(18,19)20)24-26-12-5-3-11(4-6-12)25-16(21,22)23;1-4(2)3/h2-8H,1H3;1H/b24-9+;. The van der Waals surface area contributed by atoms with Crippen LogP contribution in [-0.4, -0.2) is 20.5 Å². The van der Waals surface area contributed by atoms with Crippen LogP contribution in [-0.2, 0) is 16.7 Å².